The molecular formula is C26H20LiN. The van der Waals surface area contributed by atoms with Gasteiger partial charge in [0.25, 0.3) is 0 Å². The summed E-state index contributed by atoms with van der Waals surface area (Å²) >= 11 is 0. The summed E-state index contributed by atoms with van der Waals surface area (Å²) in [5, 5.41) is 0. The summed E-state index contributed by atoms with van der Waals surface area (Å²) in [4.78, 5) is 2.26. The van der Waals surface area contributed by atoms with Crippen molar-refractivity contribution >= 4 is 29.2 Å². The Hall–Kier alpha value is -2.98. The molecule has 130 valence electrons. The van der Waals surface area contributed by atoms with E-state index in [4.69, 9.17) is 0 Å². The van der Waals surface area contributed by atoms with Gasteiger partial charge in [0.1, 0.15) is 0 Å². The summed E-state index contributed by atoms with van der Waals surface area (Å²) in [6, 6.07) is 40.5. The molecule has 0 aliphatic rings. The zero-order valence-corrected chi connectivity index (χ0v) is 16.0. The first-order chi connectivity index (χ1) is 13.4. The van der Waals surface area contributed by atoms with Crippen LogP contribution in [0.2, 0.25) is 0 Å². The average molecular weight is 353 g/mol. The van der Waals surface area contributed by atoms with Crippen LogP contribution in [0.4, 0.5) is 17.1 Å². The molecule has 0 aliphatic carbocycles. The maximum absolute atomic E-state index is 3.04. The summed E-state index contributed by atoms with van der Waals surface area (Å²) in [6.07, 6.45) is 4.25. The SMILES string of the molecule is [Li+].[c-]1ccc(C=Cc2ccc(N(c3ccccc3)c3ccccc3)cc2)cc1. The van der Waals surface area contributed by atoms with Crippen molar-refractivity contribution in [2.24, 2.45) is 0 Å². The van der Waals surface area contributed by atoms with E-state index in [-0.39, 0.29) is 18.9 Å². The predicted octanol–water partition coefficient (Wildman–Crippen LogP) is 4.13. The van der Waals surface area contributed by atoms with Gasteiger partial charge < -0.3 is 4.90 Å². The molecule has 2 heteroatoms. The van der Waals surface area contributed by atoms with Crippen LogP contribution in [0.5, 0.6) is 0 Å². The molecule has 0 N–H and O–H groups in total. The zero-order valence-electron chi connectivity index (χ0n) is 16.0. The molecule has 4 aromatic carbocycles. The van der Waals surface area contributed by atoms with Crippen molar-refractivity contribution in [1.29, 1.82) is 0 Å². The van der Waals surface area contributed by atoms with Crippen LogP contribution >= 0.6 is 0 Å². The Bertz CT molecular complexity index is 955. The van der Waals surface area contributed by atoms with E-state index in [1.165, 1.54) is 11.1 Å². The van der Waals surface area contributed by atoms with Gasteiger partial charge in [-0.2, -0.15) is 30.3 Å². The van der Waals surface area contributed by atoms with Crippen LogP contribution in [0.3, 0.4) is 0 Å². The van der Waals surface area contributed by atoms with E-state index >= 15 is 0 Å². The van der Waals surface area contributed by atoms with Crippen molar-refractivity contribution in [3.63, 3.8) is 0 Å². The molecule has 1 nitrogen and oxygen atoms in total. The number of benzene rings is 4. The fourth-order valence-electron chi connectivity index (χ4n) is 3.04. The van der Waals surface area contributed by atoms with Crippen LogP contribution in [-0.4, -0.2) is 0 Å². The number of rotatable bonds is 5. The Balaban J connectivity index is 0.00000225. The van der Waals surface area contributed by atoms with Crippen molar-refractivity contribution in [3.05, 3.63) is 126 Å². The van der Waals surface area contributed by atoms with E-state index in [0.29, 0.717) is 0 Å². The molecule has 0 bridgehead atoms. The van der Waals surface area contributed by atoms with Gasteiger partial charge in [-0.05, 0) is 42.0 Å². The molecule has 0 saturated carbocycles. The van der Waals surface area contributed by atoms with E-state index in [2.05, 4.69) is 108 Å². The predicted molar refractivity (Wildman–Crippen MR) is 115 cm³/mol. The zero-order chi connectivity index (χ0) is 18.3. The smallest absolute Gasteiger partial charge is 0.311 e. The van der Waals surface area contributed by atoms with Gasteiger partial charge in [0.15, 0.2) is 0 Å². The number of hydrogen-bond acceptors (Lipinski definition) is 1. The monoisotopic (exact) mass is 353 g/mol. The van der Waals surface area contributed by atoms with Crippen LogP contribution in [0, 0.1) is 6.07 Å². The van der Waals surface area contributed by atoms with Gasteiger partial charge in [-0.15, -0.1) is 5.56 Å². The van der Waals surface area contributed by atoms with Gasteiger partial charge in [0.05, 0.1) is 0 Å². The Morgan fingerprint density at radius 1 is 0.500 bits per heavy atom. The molecule has 0 amide bonds. The minimum atomic E-state index is 0. The van der Waals surface area contributed by atoms with Gasteiger partial charge >= 0.3 is 18.9 Å². The second-order valence-corrected chi connectivity index (χ2v) is 6.26. The van der Waals surface area contributed by atoms with Crippen molar-refractivity contribution in [2.75, 3.05) is 4.90 Å². The van der Waals surface area contributed by atoms with Gasteiger partial charge in [-0.25, -0.2) is 0 Å². The van der Waals surface area contributed by atoms with Crippen molar-refractivity contribution < 1.29 is 18.9 Å². The minimum absolute atomic E-state index is 0. The Morgan fingerprint density at radius 3 is 1.43 bits per heavy atom. The largest absolute Gasteiger partial charge is 1.00 e. The molecule has 0 aromatic heterocycles. The second kappa shape index (κ2) is 9.81. The van der Waals surface area contributed by atoms with E-state index < -0.39 is 0 Å². The summed E-state index contributed by atoms with van der Waals surface area (Å²) in [5.74, 6) is 0. The molecule has 0 saturated heterocycles. The molecule has 0 aliphatic heterocycles. The molecule has 0 spiro atoms. The molecule has 0 atom stereocenters. The van der Waals surface area contributed by atoms with Crippen molar-refractivity contribution in [1.82, 2.24) is 0 Å². The average Bonchev–Trinajstić information content (AvgIpc) is 2.76. The molecule has 4 rings (SSSR count). The Kier molecular flexibility index (Phi) is 6.93. The minimum Gasteiger partial charge on any atom is -0.311 e. The summed E-state index contributed by atoms with van der Waals surface area (Å²) in [7, 11) is 0. The van der Waals surface area contributed by atoms with Crippen LogP contribution in [0.25, 0.3) is 12.2 Å². The van der Waals surface area contributed by atoms with Gasteiger partial charge in [0.2, 0.25) is 0 Å². The first-order valence-electron chi connectivity index (χ1n) is 9.05. The maximum Gasteiger partial charge on any atom is 1.00 e. The Labute approximate surface area is 179 Å². The number of nitrogens with zero attached hydrogens (tertiary/aromatic N) is 1. The van der Waals surface area contributed by atoms with E-state index in [9.17, 15) is 0 Å². The third kappa shape index (κ3) is 4.84. The van der Waals surface area contributed by atoms with E-state index in [1.807, 2.05) is 24.3 Å². The van der Waals surface area contributed by atoms with Crippen LogP contribution in [0.1, 0.15) is 11.1 Å². The molecule has 28 heavy (non-hydrogen) atoms. The number of hydrogen-bond donors (Lipinski definition) is 0. The third-order valence-corrected chi connectivity index (χ3v) is 4.39. The normalized spacial score (nSPS) is 10.4. The standard InChI is InChI=1S/C26H20N.Li/c1-4-10-22(11-5-1)16-17-23-18-20-26(21-19-23)27(24-12-6-2-7-13-24)25-14-8-3-9-15-25;/h2-21H;/q-1;+1. The molecular weight excluding hydrogens is 333 g/mol. The second-order valence-electron chi connectivity index (χ2n) is 6.26. The van der Waals surface area contributed by atoms with Crippen LogP contribution in [0.15, 0.2) is 109 Å². The van der Waals surface area contributed by atoms with Gasteiger partial charge in [-0.1, -0.05) is 60.7 Å². The molecule has 0 heterocycles. The van der Waals surface area contributed by atoms with Crippen LogP contribution in [-0.2, 0) is 0 Å². The van der Waals surface area contributed by atoms with E-state index in [1.54, 1.807) is 0 Å². The molecule has 0 radical (unpaired) electrons. The Morgan fingerprint density at radius 2 is 0.929 bits per heavy atom. The summed E-state index contributed by atoms with van der Waals surface area (Å²) in [6.45, 7) is 0. The number of para-hydroxylation sites is 2. The van der Waals surface area contributed by atoms with Crippen molar-refractivity contribution in [3.8, 4) is 0 Å². The first-order valence-corrected chi connectivity index (χ1v) is 9.05. The quantitative estimate of drug-likeness (QED) is 0.296. The summed E-state index contributed by atoms with van der Waals surface area (Å²) < 4.78 is 0. The van der Waals surface area contributed by atoms with Gasteiger partial charge in [-0.3, -0.25) is 0 Å². The summed E-state index contributed by atoms with van der Waals surface area (Å²) in [5.41, 5.74) is 5.78. The molecule has 0 fully saturated rings. The topological polar surface area (TPSA) is 3.24 Å². The molecule has 0 unspecified atom stereocenters. The third-order valence-electron chi connectivity index (χ3n) is 4.39. The molecule has 4 aromatic rings. The number of anilines is 3. The fourth-order valence-corrected chi connectivity index (χ4v) is 3.04. The van der Waals surface area contributed by atoms with Gasteiger partial charge in [0, 0.05) is 17.1 Å². The maximum atomic E-state index is 3.04. The fraction of sp³-hybridized carbons (Fsp3) is 0. The van der Waals surface area contributed by atoms with E-state index in [0.717, 1.165) is 17.1 Å². The van der Waals surface area contributed by atoms with Crippen LogP contribution < -0.4 is 23.8 Å². The first kappa shape index (κ1) is 19.8. The van der Waals surface area contributed by atoms with Crippen molar-refractivity contribution in [2.45, 2.75) is 0 Å².